The van der Waals surface area contributed by atoms with Crippen LogP contribution in [0.25, 0.3) is 39.0 Å². The highest BCUT2D eigenvalue weighted by atomic mass is 32.1. The molecule has 4 heterocycles. The van der Waals surface area contributed by atoms with Gasteiger partial charge in [-0.1, -0.05) is 27.7 Å². The van der Waals surface area contributed by atoms with Crippen LogP contribution < -0.4 is 4.90 Å². The van der Waals surface area contributed by atoms with Gasteiger partial charge >= 0.3 is 6.18 Å². The van der Waals surface area contributed by atoms with Crippen LogP contribution in [0.5, 0.6) is 23.0 Å². The molecule has 13 nitrogen and oxygen atoms in total. The second-order valence-corrected chi connectivity index (χ2v) is 15.2. The number of anilines is 1. The molecule has 1 aliphatic heterocycles. The molecule has 57 heavy (non-hydrogen) atoms. The molecule has 3 aromatic heterocycles. The van der Waals surface area contributed by atoms with Gasteiger partial charge in [0.15, 0.2) is 21.9 Å². The number of aromatic nitrogens is 6. The van der Waals surface area contributed by atoms with Gasteiger partial charge in [0.25, 0.3) is 0 Å². The fourth-order valence-electron chi connectivity index (χ4n) is 7.15. The van der Waals surface area contributed by atoms with Gasteiger partial charge in [-0.2, -0.15) is 23.4 Å². The number of imidazole rings is 1. The summed E-state index contributed by atoms with van der Waals surface area (Å²) in [5.41, 5.74) is 2.50. The lowest BCUT2D eigenvalue weighted by molar-refractivity contribution is -0.147. The minimum atomic E-state index is -4.89. The van der Waals surface area contributed by atoms with Crippen molar-refractivity contribution in [2.75, 3.05) is 4.90 Å². The second-order valence-electron chi connectivity index (χ2n) is 14.4. The van der Waals surface area contributed by atoms with E-state index >= 15 is 0 Å². The fourth-order valence-corrected chi connectivity index (χ4v) is 7.75. The molecule has 0 radical (unpaired) electrons. The Hall–Kier alpha value is -6.14. The number of hydrazone groups is 1. The molecule has 6 N–H and O–H groups in total. The van der Waals surface area contributed by atoms with Crippen LogP contribution in [0.15, 0.2) is 78.0 Å². The number of amidine groups is 1. The number of nitrogens with zero attached hydrogens (tertiary/aromatic N) is 7. The van der Waals surface area contributed by atoms with Gasteiger partial charge in [0.1, 0.15) is 29.7 Å². The summed E-state index contributed by atoms with van der Waals surface area (Å²) in [6, 6.07) is 17.5. The Morgan fingerprint density at radius 2 is 1.47 bits per heavy atom. The maximum absolute atomic E-state index is 14.9. The average Bonchev–Trinajstić information content (AvgIpc) is 3.92. The number of benzene rings is 4. The Kier molecular flexibility index (Phi) is 9.15. The molecule has 0 amide bonds. The van der Waals surface area contributed by atoms with Crippen LogP contribution in [0.2, 0.25) is 0 Å². The van der Waals surface area contributed by atoms with E-state index in [1.165, 1.54) is 33.8 Å². The van der Waals surface area contributed by atoms with E-state index in [9.17, 15) is 33.6 Å². The van der Waals surface area contributed by atoms with Gasteiger partial charge in [0.05, 0.1) is 27.8 Å². The maximum atomic E-state index is 14.9. The molecular formula is C39H36F3N9O4S2. The predicted molar refractivity (Wildman–Crippen MR) is 216 cm³/mol. The third-order valence-corrected chi connectivity index (χ3v) is 10.8. The van der Waals surface area contributed by atoms with E-state index < -0.39 is 24.2 Å². The molecule has 1 aliphatic rings. The van der Waals surface area contributed by atoms with Crippen LogP contribution in [0.3, 0.4) is 0 Å². The third-order valence-electron chi connectivity index (χ3n) is 9.98. The Bertz CT molecular complexity index is 2810. The summed E-state index contributed by atoms with van der Waals surface area (Å²) in [7, 11) is 0. The van der Waals surface area contributed by atoms with E-state index in [1.54, 1.807) is 29.3 Å². The molecule has 18 heteroatoms. The Labute approximate surface area is 333 Å². The van der Waals surface area contributed by atoms with Gasteiger partial charge < -0.3 is 30.0 Å². The van der Waals surface area contributed by atoms with E-state index in [2.05, 4.69) is 20.2 Å². The highest BCUT2D eigenvalue weighted by Crippen LogP contribution is 2.41. The zero-order valence-electron chi connectivity index (χ0n) is 30.8. The lowest BCUT2D eigenvalue weighted by Gasteiger charge is -2.29. The van der Waals surface area contributed by atoms with Crippen LogP contribution in [0.1, 0.15) is 62.0 Å². The molecule has 1 unspecified atom stereocenters. The largest absolute Gasteiger partial charge is 0.508 e. The number of fused-ring (bicyclic) bond motifs is 2. The summed E-state index contributed by atoms with van der Waals surface area (Å²) < 4.78 is 47.1. The number of thiol groups is 1. The number of rotatable bonds is 8. The van der Waals surface area contributed by atoms with Crippen molar-refractivity contribution in [2.45, 2.75) is 57.9 Å². The Balaban J connectivity index is 1.24. The molecule has 0 saturated carbocycles. The minimum Gasteiger partial charge on any atom is -0.508 e. The van der Waals surface area contributed by atoms with Crippen molar-refractivity contribution in [3.63, 3.8) is 0 Å². The topological polar surface area (TPSA) is 167 Å². The van der Waals surface area contributed by atoms with E-state index in [0.29, 0.717) is 22.5 Å². The Morgan fingerprint density at radius 3 is 2.14 bits per heavy atom. The molecule has 0 fully saturated rings. The van der Waals surface area contributed by atoms with E-state index in [1.807, 2.05) is 52.0 Å². The number of hydrogen-bond acceptors (Lipinski definition) is 11. The summed E-state index contributed by atoms with van der Waals surface area (Å²) in [6.07, 6.45) is -3.10. The van der Waals surface area contributed by atoms with Crippen molar-refractivity contribution in [3.05, 3.63) is 100 Å². The molecule has 7 aromatic rings. The highest BCUT2D eigenvalue weighted by molar-refractivity contribution is 7.81. The van der Waals surface area contributed by atoms with Crippen LogP contribution in [-0.4, -0.2) is 66.1 Å². The summed E-state index contributed by atoms with van der Waals surface area (Å²) in [5.74, 6) is -1.81. The van der Waals surface area contributed by atoms with Gasteiger partial charge in [-0.05, 0) is 89.8 Å². The number of hydrogen-bond donors (Lipinski definition) is 7. The van der Waals surface area contributed by atoms with Crippen molar-refractivity contribution in [2.24, 2.45) is 5.10 Å². The Morgan fingerprint density at radius 1 is 0.825 bits per heavy atom. The van der Waals surface area contributed by atoms with Crippen LogP contribution in [-0.2, 0) is 12.8 Å². The number of H-pyrrole nitrogens is 2. The molecule has 294 valence electrons. The highest BCUT2D eigenvalue weighted by Gasteiger charge is 2.41. The van der Waals surface area contributed by atoms with Crippen LogP contribution in [0.4, 0.5) is 18.9 Å². The maximum Gasteiger partial charge on any atom is 0.449 e. The number of phenols is 4. The van der Waals surface area contributed by atoms with Crippen molar-refractivity contribution in [3.8, 4) is 40.1 Å². The molecule has 0 bridgehead atoms. The summed E-state index contributed by atoms with van der Waals surface area (Å²) in [6.45, 7) is 7.05. The number of aromatic hydroxyl groups is 4. The van der Waals surface area contributed by atoms with Gasteiger partial charge in [0.2, 0.25) is 5.82 Å². The number of alkyl halides is 3. The molecule has 0 spiro atoms. The van der Waals surface area contributed by atoms with E-state index in [4.69, 9.17) is 29.9 Å². The lowest BCUT2D eigenvalue weighted by Crippen LogP contribution is -2.39. The summed E-state index contributed by atoms with van der Waals surface area (Å²) >= 11 is 10.4. The van der Waals surface area contributed by atoms with Crippen molar-refractivity contribution >= 4 is 58.3 Å². The van der Waals surface area contributed by atoms with Gasteiger partial charge in [0, 0.05) is 34.9 Å². The molecule has 0 saturated heterocycles. The van der Waals surface area contributed by atoms with E-state index in [0.717, 1.165) is 15.5 Å². The SMILES string of the molecule is CC(C)c1cc(C2=NN(Cn3c(C(F)(F)F)nc4cc(-n5c(-c6cc(C(C)C)c(O)cc6O)n[nH]c5=S)ccc43)C(S)N2c2ccc3[nH]ccc3c2)c(O)cc1O. The standard InChI is InChI=1S/C39H36F3N9O4S2/c1-18(2)23-13-25(32(54)15-30(23)52)34-45-46-37(56)50(34)22-6-8-29-28(12-22)44-36(39(40,41)42)48(29)17-49-38(57)51(21-5-7-27-20(11-21)9-10-43-27)35(47-49)26-14-24(19(3)4)31(53)16-33(26)55/h5-16,18-19,38,43,52-55,57H,17H2,1-4H3,(H,46,56). The van der Waals surface area contributed by atoms with Crippen molar-refractivity contribution in [1.29, 1.82) is 0 Å². The van der Waals surface area contributed by atoms with Crippen molar-refractivity contribution in [1.82, 2.24) is 34.3 Å². The van der Waals surface area contributed by atoms with Gasteiger partial charge in [-0.3, -0.25) is 14.6 Å². The smallest absolute Gasteiger partial charge is 0.449 e. The molecule has 1 atom stereocenters. The monoisotopic (exact) mass is 815 g/mol. The zero-order chi connectivity index (χ0) is 40.7. The summed E-state index contributed by atoms with van der Waals surface area (Å²) in [4.78, 5) is 8.89. The molecule has 4 aromatic carbocycles. The predicted octanol–water partition coefficient (Wildman–Crippen LogP) is 8.87. The van der Waals surface area contributed by atoms with Gasteiger partial charge in [-0.25, -0.2) is 9.99 Å². The van der Waals surface area contributed by atoms with Crippen molar-refractivity contribution < 1.29 is 33.6 Å². The molecule has 8 rings (SSSR count). The normalized spacial score (nSPS) is 14.9. The number of aromatic amines is 2. The van der Waals surface area contributed by atoms with E-state index in [-0.39, 0.29) is 73.4 Å². The second kappa shape index (κ2) is 13.8. The van der Waals surface area contributed by atoms with Gasteiger partial charge in [-0.15, -0.1) is 12.6 Å². The quantitative estimate of drug-likeness (QED) is 0.0586. The fraction of sp³-hybridized carbons (Fsp3) is 0.231. The molecule has 0 aliphatic carbocycles. The average molecular weight is 816 g/mol. The first-order valence-corrected chi connectivity index (χ1v) is 18.7. The first kappa shape index (κ1) is 37.8. The lowest BCUT2D eigenvalue weighted by atomic mass is 9.98. The first-order chi connectivity index (χ1) is 27.0. The zero-order valence-corrected chi connectivity index (χ0v) is 32.5. The minimum absolute atomic E-state index is 0.0155. The summed E-state index contributed by atoms with van der Waals surface area (Å²) in [5, 5.41) is 57.0. The van der Waals surface area contributed by atoms with Crippen LogP contribution >= 0.6 is 24.8 Å². The molecular weight excluding hydrogens is 780 g/mol. The third kappa shape index (κ3) is 6.47. The number of phenolic OH excluding ortho intramolecular Hbond substituents is 4. The first-order valence-electron chi connectivity index (χ1n) is 17.8. The number of halogens is 3. The number of nitrogens with one attached hydrogen (secondary N) is 2. The van der Waals surface area contributed by atoms with Crippen LogP contribution in [0, 0.1) is 4.77 Å².